The molecule has 1 fully saturated rings. The summed E-state index contributed by atoms with van der Waals surface area (Å²) >= 11 is 2.07. The van der Waals surface area contributed by atoms with Crippen molar-refractivity contribution in [1.82, 2.24) is 5.32 Å². The van der Waals surface area contributed by atoms with Crippen LogP contribution in [0.3, 0.4) is 0 Å². The lowest BCUT2D eigenvalue weighted by molar-refractivity contribution is 0.513. The highest BCUT2D eigenvalue weighted by Crippen LogP contribution is 2.16. The van der Waals surface area contributed by atoms with Gasteiger partial charge in [-0.2, -0.15) is 11.8 Å². The summed E-state index contributed by atoms with van der Waals surface area (Å²) in [6.07, 6.45) is 5.82. The van der Waals surface area contributed by atoms with Gasteiger partial charge in [-0.15, -0.1) is 6.58 Å². The monoisotopic (exact) mass is 171 g/mol. The van der Waals surface area contributed by atoms with Gasteiger partial charge in [0.25, 0.3) is 0 Å². The van der Waals surface area contributed by atoms with Gasteiger partial charge in [-0.05, 0) is 31.6 Å². The van der Waals surface area contributed by atoms with Gasteiger partial charge in [0.1, 0.15) is 0 Å². The van der Waals surface area contributed by atoms with Crippen LogP contribution in [0.25, 0.3) is 0 Å². The molecule has 0 radical (unpaired) electrons. The summed E-state index contributed by atoms with van der Waals surface area (Å²) in [5, 5.41) is 3.53. The first-order valence-electron chi connectivity index (χ1n) is 4.35. The molecular weight excluding hydrogens is 154 g/mol. The molecule has 1 nitrogen and oxygen atoms in total. The van der Waals surface area contributed by atoms with Crippen molar-refractivity contribution >= 4 is 11.8 Å². The predicted molar refractivity (Wildman–Crippen MR) is 53.2 cm³/mol. The van der Waals surface area contributed by atoms with Crippen LogP contribution in [0, 0.1) is 0 Å². The van der Waals surface area contributed by atoms with Crippen molar-refractivity contribution in [2.75, 3.05) is 18.1 Å². The van der Waals surface area contributed by atoms with Gasteiger partial charge >= 0.3 is 0 Å². The Balaban J connectivity index is 2.00. The van der Waals surface area contributed by atoms with E-state index in [4.69, 9.17) is 0 Å². The molecule has 1 N–H and O–H groups in total. The summed E-state index contributed by atoms with van der Waals surface area (Å²) in [6, 6.07) is 0.772. The van der Waals surface area contributed by atoms with E-state index in [0.717, 1.165) is 19.0 Å². The molecule has 0 aromatic rings. The Morgan fingerprint density at radius 2 is 2.55 bits per heavy atom. The van der Waals surface area contributed by atoms with Crippen LogP contribution in [0.4, 0.5) is 0 Å². The topological polar surface area (TPSA) is 12.0 Å². The van der Waals surface area contributed by atoms with Gasteiger partial charge in [-0.1, -0.05) is 6.08 Å². The summed E-state index contributed by atoms with van der Waals surface area (Å²) in [4.78, 5) is 0. The smallest absolute Gasteiger partial charge is 0.0158 e. The number of nitrogens with one attached hydrogen (secondary N) is 1. The zero-order valence-electron chi connectivity index (χ0n) is 7.01. The lowest BCUT2D eigenvalue weighted by Crippen LogP contribution is -2.34. The standard InChI is InChI=1S/C9H17NS/c1-2-3-6-10-9-5-4-7-11-8-9/h2,9-10H,1,3-8H2. The summed E-state index contributed by atoms with van der Waals surface area (Å²) < 4.78 is 0. The minimum absolute atomic E-state index is 0.772. The molecule has 1 rings (SSSR count). The van der Waals surface area contributed by atoms with Gasteiger partial charge in [-0.3, -0.25) is 0 Å². The first-order chi connectivity index (χ1) is 5.43. The van der Waals surface area contributed by atoms with E-state index < -0.39 is 0 Å². The molecule has 0 spiro atoms. The maximum atomic E-state index is 3.70. The molecule has 1 heterocycles. The first-order valence-corrected chi connectivity index (χ1v) is 5.51. The molecule has 1 aliphatic heterocycles. The van der Waals surface area contributed by atoms with E-state index in [0.29, 0.717) is 0 Å². The lowest BCUT2D eigenvalue weighted by Gasteiger charge is -2.22. The van der Waals surface area contributed by atoms with Gasteiger partial charge in [0.15, 0.2) is 0 Å². The average Bonchev–Trinajstić information content (AvgIpc) is 2.07. The minimum atomic E-state index is 0.772. The number of rotatable bonds is 4. The zero-order chi connectivity index (χ0) is 7.94. The molecule has 1 unspecified atom stereocenters. The van der Waals surface area contributed by atoms with E-state index in [1.807, 2.05) is 6.08 Å². The van der Waals surface area contributed by atoms with Crippen molar-refractivity contribution in [1.29, 1.82) is 0 Å². The van der Waals surface area contributed by atoms with Crippen molar-refractivity contribution in [3.63, 3.8) is 0 Å². The number of thioether (sulfide) groups is 1. The van der Waals surface area contributed by atoms with Crippen LogP contribution >= 0.6 is 11.8 Å². The van der Waals surface area contributed by atoms with Crippen molar-refractivity contribution in [3.05, 3.63) is 12.7 Å². The Morgan fingerprint density at radius 3 is 3.18 bits per heavy atom. The molecule has 1 aliphatic rings. The Kier molecular flexibility index (Phi) is 4.71. The molecule has 0 aliphatic carbocycles. The Bertz CT molecular complexity index is 108. The molecule has 0 aromatic heterocycles. The molecule has 11 heavy (non-hydrogen) atoms. The fraction of sp³-hybridized carbons (Fsp3) is 0.778. The number of hydrogen-bond acceptors (Lipinski definition) is 2. The largest absolute Gasteiger partial charge is 0.313 e. The predicted octanol–water partition coefficient (Wildman–Crippen LogP) is 2.05. The highest BCUT2D eigenvalue weighted by Gasteiger charge is 2.11. The molecule has 2 heteroatoms. The summed E-state index contributed by atoms with van der Waals surface area (Å²) in [6.45, 7) is 4.80. The first kappa shape index (κ1) is 9.14. The molecule has 1 saturated heterocycles. The second-order valence-electron chi connectivity index (χ2n) is 2.95. The maximum Gasteiger partial charge on any atom is 0.0158 e. The molecular formula is C9H17NS. The third-order valence-electron chi connectivity index (χ3n) is 1.94. The van der Waals surface area contributed by atoms with E-state index in [-0.39, 0.29) is 0 Å². The van der Waals surface area contributed by atoms with Gasteiger partial charge in [0.05, 0.1) is 0 Å². The third kappa shape index (κ3) is 3.82. The average molecular weight is 171 g/mol. The van der Waals surface area contributed by atoms with Gasteiger partial charge in [0.2, 0.25) is 0 Å². The highest BCUT2D eigenvalue weighted by atomic mass is 32.2. The lowest BCUT2D eigenvalue weighted by atomic mass is 10.2. The van der Waals surface area contributed by atoms with Crippen molar-refractivity contribution in [3.8, 4) is 0 Å². The number of hydrogen-bond donors (Lipinski definition) is 1. The summed E-state index contributed by atoms with van der Waals surface area (Å²) in [7, 11) is 0. The second-order valence-corrected chi connectivity index (χ2v) is 4.10. The third-order valence-corrected chi connectivity index (χ3v) is 3.16. The van der Waals surface area contributed by atoms with Crippen LogP contribution in [0.15, 0.2) is 12.7 Å². The van der Waals surface area contributed by atoms with E-state index in [9.17, 15) is 0 Å². The summed E-state index contributed by atoms with van der Waals surface area (Å²) in [5.74, 6) is 2.66. The molecule has 0 bridgehead atoms. The van der Waals surface area contributed by atoms with Gasteiger partial charge in [-0.25, -0.2) is 0 Å². The van der Waals surface area contributed by atoms with E-state index in [2.05, 4.69) is 23.7 Å². The fourth-order valence-corrected chi connectivity index (χ4v) is 2.40. The Morgan fingerprint density at radius 1 is 1.64 bits per heavy atom. The van der Waals surface area contributed by atoms with E-state index in [1.54, 1.807) is 0 Å². The van der Waals surface area contributed by atoms with Crippen LogP contribution < -0.4 is 5.32 Å². The van der Waals surface area contributed by atoms with Crippen molar-refractivity contribution in [2.45, 2.75) is 25.3 Å². The van der Waals surface area contributed by atoms with Crippen LogP contribution in [0.2, 0.25) is 0 Å². The van der Waals surface area contributed by atoms with Crippen molar-refractivity contribution in [2.24, 2.45) is 0 Å². The van der Waals surface area contributed by atoms with Crippen LogP contribution in [-0.2, 0) is 0 Å². The fourth-order valence-electron chi connectivity index (χ4n) is 1.29. The molecule has 0 amide bonds. The Hall–Kier alpha value is 0.0500. The van der Waals surface area contributed by atoms with Crippen LogP contribution in [0.5, 0.6) is 0 Å². The Labute approximate surface area is 73.6 Å². The van der Waals surface area contributed by atoms with E-state index in [1.165, 1.54) is 24.3 Å². The van der Waals surface area contributed by atoms with E-state index >= 15 is 0 Å². The second kappa shape index (κ2) is 5.67. The van der Waals surface area contributed by atoms with Crippen LogP contribution in [-0.4, -0.2) is 24.1 Å². The SMILES string of the molecule is C=CCCNC1CCCSC1. The highest BCUT2D eigenvalue weighted by molar-refractivity contribution is 7.99. The normalized spacial score (nSPS) is 24.9. The summed E-state index contributed by atoms with van der Waals surface area (Å²) in [5.41, 5.74) is 0. The van der Waals surface area contributed by atoms with Crippen molar-refractivity contribution < 1.29 is 0 Å². The van der Waals surface area contributed by atoms with Crippen LogP contribution in [0.1, 0.15) is 19.3 Å². The quantitative estimate of drug-likeness (QED) is 0.513. The molecule has 1 atom stereocenters. The van der Waals surface area contributed by atoms with Gasteiger partial charge < -0.3 is 5.32 Å². The molecule has 0 saturated carbocycles. The molecule has 64 valence electrons. The zero-order valence-corrected chi connectivity index (χ0v) is 7.83. The minimum Gasteiger partial charge on any atom is -0.313 e. The molecule has 0 aromatic carbocycles. The maximum absolute atomic E-state index is 3.70. The van der Waals surface area contributed by atoms with Gasteiger partial charge in [0, 0.05) is 11.8 Å².